The molecule has 0 aliphatic heterocycles. The van der Waals surface area contributed by atoms with E-state index in [-0.39, 0.29) is 11.7 Å². The Balaban J connectivity index is 1.63. The van der Waals surface area contributed by atoms with Gasteiger partial charge in [-0.3, -0.25) is 4.79 Å². The quantitative estimate of drug-likeness (QED) is 0.455. The number of hydrogen-bond acceptors (Lipinski definition) is 7. The molecule has 0 saturated carbocycles. The average molecular weight is 454 g/mol. The lowest BCUT2D eigenvalue weighted by Crippen LogP contribution is -2.14. The molecule has 3 aromatic rings. The second kappa shape index (κ2) is 10.9. The van der Waals surface area contributed by atoms with Crippen LogP contribution >= 0.6 is 11.8 Å². The first-order valence-corrected chi connectivity index (χ1v) is 11.1. The third kappa shape index (κ3) is 5.70. The number of ether oxygens (including phenoxy) is 3. The lowest BCUT2D eigenvalue weighted by molar-refractivity contribution is -0.113. The minimum atomic E-state index is -0.0946. The fourth-order valence-electron chi connectivity index (χ4n) is 3.07. The van der Waals surface area contributed by atoms with Crippen molar-refractivity contribution in [3.63, 3.8) is 0 Å². The predicted octanol–water partition coefficient (Wildman–Crippen LogP) is 5.02. The van der Waals surface area contributed by atoms with E-state index < -0.39 is 0 Å². The number of rotatable bonds is 9. The molecule has 0 atom stereocenters. The number of aromatic nitrogens is 2. The summed E-state index contributed by atoms with van der Waals surface area (Å²) in [6.07, 6.45) is 0. The average Bonchev–Trinajstić information content (AvgIpc) is 2.82. The van der Waals surface area contributed by atoms with E-state index in [1.807, 2.05) is 48.5 Å². The fourth-order valence-corrected chi connectivity index (χ4v) is 3.68. The molecule has 1 heterocycles. The van der Waals surface area contributed by atoms with Gasteiger partial charge in [-0.05, 0) is 47.9 Å². The van der Waals surface area contributed by atoms with Crippen LogP contribution in [0.1, 0.15) is 25.3 Å². The fraction of sp³-hybridized carbons (Fsp3) is 0.292. The van der Waals surface area contributed by atoms with Crippen LogP contribution in [0.5, 0.6) is 17.2 Å². The molecule has 0 bridgehead atoms. The van der Waals surface area contributed by atoms with E-state index in [1.54, 1.807) is 21.3 Å². The van der Waals surface area contributed by atoms with Gasteiger partial charge in [0.25, 0.3) is 0 Å². The molecule has 2 aromatic carbocycles. The predicted molar refractivity (Wildman–Crippen MR) is 127 cm³/mol. The highest BCUT2D eigenvalue weighted by atomic mass is 32.2. The molecular weight excluding hydrogens is 426 g/mol. The van der Waals surface area contributed by atoms with E-state index in [0.29, 0.717) is 33.9 Å². The Morgan fingerprint density at radius 1 is 0.938 bits per heavy atom. The third-order valence-electron chi connectivity index (χ3n) is 4.81. The second-order valence-corrected chi connectivity index (χ2v) is 8.28. The Bertz CT molecular complexity index is 1030. The number of anilines is 1. The minimum Gasteiger partial charge on any atom is -0.493 e. The maximum atomic E-state index is 12.3. The molecule has 0 fully saturated rings. The van der Waals surface area contributed by atoms with Crippen LogP contribution in [0.3, 0.4) is 0 Å². The Morgan fingerprint density at radius 3 is 2.09 bits per heavy atom. The van der Waals surface area contributed by atoms with Crippen LogP contribution in [0.15, 0.2) is 53.6 Å². The summed E-state index contributed by atoms with van der Waals surface area (Å²) >= 11 is 1.33. The summed E-state index contributed by atoms with van der Waals surface area (Å²) in [5.41, 5.74) is 3.46. The van der Waals surface area contributed by atoms with Crippen LogP contribution in [0.4, 0.5) is 5.69 Å². The normalized spacial score (nSPS) is 10.7. The van der Waals surface area contributed by atoms with Crippen molar-refractivity contribution in [2.45, 2.75) is 24.8 Å². The van der Waals surface area contributed by atoms with Gasteiger partial charge in [0.15, 0.2) is 11.5 Å². The number of hydrogen-bond donors (Lipinski definition) is 1. The van der Waals surface area contributed by atoms with Gasteiger partial charge in [-0.15, -0.1) is 10.2 Å². The summed E-state index contributed by atoms with van der Waals surface area (Å²) in [4.78, 5) is 12.3. The first-order chi connectivity index (χ1) is 15.4. The smallest absolute Gasteiger partial charge is 0.234 e. The van der Waals surface area contributed by atoms with Gasteiger partial charge in [-0.2, -0.15) is 0 Å². The summed E-state index contributed by atoms with van der Waals surface area (Å²) in [7, 11) is 4.69. The van der Waals surface area contributed by atoms with E-state index in [1.165, 1.54) is 17.3 Å². The zero-order valence-corrected chi connectivity index (χ0v) is 19.7. The molecule has 8 heteroatoms. The van der Waals surface area contributed by atoms with Crippen molar-refractivity contribution in [2.24, 2.45) is 0 Å². The van der Waals surface area contributed by atoms with Crippen LogP contribution < -0.4 is 19.5 Å². The highest BCUT2D eigenvalue weighted by molar-refractivity contribution is 7.99. The number of carbonyl (C=O) groups excluding carboxylic acids is 1. The molecule has 168 valence electrons. The number of benzene rings is 2. The lowest BCUT2D eigenvalue weighted by Gasteiger charge is -2.13. The van der Waals surface area contributed by atoms with E-state index >= 15 is 0 Å². The van der Waals surface area contributed by atoms with Crippen molar-refractivity contribution in [2.75, 3.05) is 32.4 Å². The SMILES string of the molecule is COc1cc(-c2ccc(SCC(=O)Nc3ccc(C(C)C)cc3)nn2)cc(OC)c1OC. The van der Waals surface area contributed by atoms with Crippen LogP contribution in [-0.2, 0) is 4.79 Å². The highest BCUT2D eigenvalue weighted by Gasteiger charge is 2.15. The van der Waals surface area contributed by atoms with Crippen LogP contribution in [-0.4, -0.2) is 43.2 Å². The monoisotopic (exact) mass is 453 g/mol. The Hall–Kier alpha value is -3.26. The summed E-state index contributed by atoms with van der Waals surface area (Å²) in [5.74, 6) is 2.20. The molecule has 3 rings (SSSR count). The van der Waals surface area contributed by atoms with Gasteiger partial charge < -0.3 is 19.5 Å². The molecule has 32 heavy (non-hydrogen) atoms. The maximum Gasteiger partial charge on any atom is 0.234 e. The zero-order valence-electron chi connectivity index (χ0n) is 18.8. The number of methoxy groups -OCH3 is 3. The first kappa shape index (κ1) is 23.4. The lowest BCUT2D eigenvalue weighted by atomic mass is 10.0. The van der Waals surface area contributed by atoms with Gasteiger partial charge >= 0.3 is 0 Å². The van der Waals surface area contributed by atoms with Gasteiger partial charge in [0.05, 0.1) is 32.8 Å². The molecule has 0 saturated heterocycles. The van der Waals surface area contributed by atoms with Gasteiger partial charge in [-0.25, -0.2) is 0 Å². The summed E-state index contributed by atoms with van der Waals surface area (Å²) in [6.45, 7) is 4.27. The molecule has 0 radical (unpaired) electrons. The van der Waals surface area contributed by atoms with Crippen LogP contribution in [0.2, 0.25) is 0 Å². The third-order valence-corrected chi connectivity index (χ3v) is 5.73. The largest absolute Gasteiger partial charge is 0.493 e. The number of nitrogens with zero attached hydrogens (tertiary/aromatic N) is 2. The summed E-state index contributed by atoms with van der Waals surface area (Å²) < 4.78 is 16.1. The topological polar surface area (TPSA) is 82.6 Å². The van der Waals surface area contributed by atoms with Crippen molar-refractivity contribution in [1.82, 2.24) is 10.2 Å². The summed E-state index contributed by atoms with van der Waals surface area (Å²) in [6, 6.07) is 15.2. The van der Waals surface area contributed by atoms with E-state index in [0.717, 1.165) is 11.3 Å². The van der Waals surface area contributed by atoms with Crippen molar-refractivity contribution >= 4 is 23.4 Å². The molecule has 0 spiro atoms. The highest BCUT2D eigenvalue weighted by Crippen LogP contribution is 2.40. The van der Waals surface area contributed by atoms with Gasteiger partial charge in [0.2, 0.25) is 11.7 Å². The molecule has 1 aromatic heterocycles. The first-order valence-electron chi connectivity index (χ1n) is 10.1. The van der Waals surface area contributed by atoms with Crippen LogP contribution in [0.25, 0.3) is 11.3 Å². The van der Waals surface area contributed by atoms with Gasteiger partial charge in [0, 0.05) is 11.3 Å². The zero-order chi connectivity index (χ0) is 23.1. The van der Waals surface area contributed by atoms with Gasteiger partial charge in [-0.1, -0.05) is 37.7 Å². The van der Waals surface area contributed by atoms with Crippen molar-refractivity contribution in [1.29, 1.82) is 0 Å². The molecule has 1 N–H and O–H groups in total. The number of thioether (sulfide) groups is 1. The molecule has 0 aliphatic carbocycles. The number of carbonyl (C=O) groups is 1. The van der Waals surface area contributed by atoms with E-state index in [9.17, 15) is 4.79 Å². The van der Waals surface area contributed by atoms with Gasteiger partial charge in [0.1, 0.15) is 5.03 Å². The molecule has 7 nitrogen and oxygen atoms in total. The Labute approximate surface area is 192 Å². The van der Waals surface area contributed by atoms with E-state index in [4.69, 9.17) is 14.2 Å². The molecule has 0 unspecified atom stereocenters. The maximum absolute atomic E-state index is 12.3. The molecule has 0 aliphatic rings. The van der Waals surface area contributed by atoms with Crippen LogP contribution in [0, 0.1) is 0 Å². The number of nitrogens with one attached hydrogen (secondary N) is 1. The van der Waals surface area contributed by atoms with Crippen molar-refractivity contribution in [3.05, 3.63) is 54.1 Å². The van der Waals surface area contributed by atoms with Crippen molar-refractivity contribution < 1.29 is 19.0 Å². The Kier molecular flexibility index (Phi) is 7.94. The number of amides is 1. The minimum absolute atomic E-state index is 0.0946. The van der Waals surface area contributed by atoms with Crippen molar-refractivity contribution in [3.8, 4) is 28.5 Å². The second-order valence-electron chi connectivity index (χ2n) is 7.28. The summed E-state index contributed by atoms with van der Waals surface area (Å²) in [5, 5.41) is 12.1. The Morgan fingerprint density at radius 2 is 1.59 bits per heavy atom. The standard InChI is InChI=1S/C24H27N3O4S/c1-15(2)16-6-8-18(9-7-16)25-22(28)14-32-23-11-10-19(26-27-23)17-12-20(29-3)24(31-5)21(13-17)30-4/h6-13,15H,14H2,1-5H3,(H,25,28). The molecule has 1 amide bonds. The molecular formula is C24H27N3O4S. The van der Waals surface area contributed by atoms with E-state index in [2.05, 4.69) is 29.4 Å².